The molecular formula is C9H16N2O2. The van der Waals surface area contributed by atoms with Gasteiger partial charge in [0.2, 0.25) is 0 Å². The Labute approximate surface area is 78.1 Å². The second kappa shape index (κ2) is 4.99. The summed E-state index contributed by atoms with van der Waals surface area (Å²) in [7, 11) is 1.86. The fraction of sp³-hybridized carbons (Fsp3) is 0.667. The molecule has 1 N–H and O–H groups in total. The first kappa shape index (κ1) is 10.2. The molecule has 0 amide bonds. The predicted molar refractivity (Wildman–Crippen MR) is 49.4 cm³/mol. The van der Waals surface area contributed by atoms with Crippen molar-refractivity contribution in [1.29, 1.82) is 0 Å². The summed E-state index contributed by atoms with van der Waals surface area (Å²) in [5, 5.41) is 13.6. The van der Waals surface area contributed by atoms with Crippen LogP contribution in [0.4, 0.5) is 0 Å². The van der Waals surface area contributed by atoms with Crippen molar-refractivity contribution in [2.24, 2.45) is 7.05 Å². The molecular weight excluding hydrogens is 168 g/mol. The van der Waals surface area contributed by atoms with Crippen LogP contribution in [-0.4, -0.2) is 34.2 Å². The molecule has 0 bridgehead atoms. The maximum Gasteiger partial charge on any atom is 0.0829 e. The lowest BCUT2D eigenvalue weighted by molar-refractivity contribution is 0.0424. The van der Waals surface area contributed by atoms with Gasteiger partial charge in [0.25, 0.3) is 0 Å². The number of nitrogens with zero attached hydrogens (tertiary/aromatic N) is 2. The maximum absolute atomic E-state index is 9.47. The lowest BCUT2D eigenvalue weighted by Gasteiger charge is -2.07. The summed E-state index contributed by atoms with van der Waals surface area (Å²) in [6.45, 7) is 2.93. The van der Waals surface area contributed by atoms with Gasteiger partial charge >= 0.3 is 0 Å². The average molecular weight is 184 g/mol. The second-order valence-electron chi connectivity index (χ2n) is 3.00. The quantitative estimate of drug-likeness (QED) is 0.718. The van der Waals surface area contributed by atoms with Crippen molar-refractivity contribution in [3.8, 4) is 0 Å². The Kier molecular flexibility index (Phi) is 3.92. The van der Waals surface area contributed by atoms with E-state index >= 15 is 0 Å². The van der Waals surface area contributed by atoms with Crippen molar-refractivity contribution in [3.05, 3.63) is 18.0 Å². The van der Waals surface area contributed by atoms with Gasteiger partial charge in [-0.05, 0) is 13.0 Å². The van der Waals surface area contributed by atoms with Crippen molar-refractivity contribution in [3.63, 3.8) is 0 Å². The SMILES string of the molecule is CCOCC(O)Cc1ccn(C)n1. The van der Waals surface area contributed by atoms with E-state index in [2.05, 4.69) is 5.10 Å². The molecule has 0 saturated heterocycles. The van der Waals surface area contributed by atoms with Crippen LogP contribution in [0.3, 0.4) is 0 Å². The molecule has 0 saturated carbocycles. The molecule has 0 radical (unpaired) electrons. The number of rotatable bonds is 5. The standard InChI is InChI=1S/C9H16N2O2/c1-3-13-7-9(12)6-8-4-5-11(2)10-8/h4-5,9,12H,3,6-7H2,1-2H3. The van der Waals surface area contributed by atoms with Crippen molar-refractivity contribution in [1.82, 2.24) is 9.78 Å². The highest BCUT2D eigenvalue weighted by atomic mass is 16.5. The number of ether oxygens (including phenoxy) is 1. The first-order chi connectivity index (χ1) is 6.22. The highest BCUT2D eigenvalue weighted by Crippen LogP contribution is 2.00. The first-order valence-electron chi connectivity index (χ1n) is 4.46. The van der Waals surface area contributed by atoms with Gasteiger partial charge in [0.15, 0.2) is 0 Å². The zero-order valence-corrected chi connectivity index (χ0v) is 8.10. The number of aryl methyl sites for hydroxylation is 1. The summed E-state index contributed by atoms with van der Waals surface area (Å²) >= 11 is 0. The van der Waals surface area contributed by atoms with E-state index in [0.29, 0.717) is 19.6 Å². The number of aliphatic hydroxyl groups excluding tert-OH is 1. The van der Waals surface area contributed by atoms with E-state index in [1.807, 2.05) is 26.2 Å². The third-order valence-corrected chi connectivity index (χ3v) is 1.73. The molecule has 1 rings (SSSR count). The molecule has 0 aliphatic heterocycles. The van der Waals surface area contributed by atoms with Gasteiger partial charge in [-0.2, -0.15) is 5.10 Å². The normalized spacial score (nSPS) is 13.2. The average Bonchev–Trinajstić information content (AvgIpc) is 2.48. The molecule has 0 spiro atoms. The van der Waals surface area contributed by atoms with Crippen LogP contribution in [0, 0.1) is 0 Å². The van der Waals surface area contributed by atoms with Crippen LogP contribution >= 0.6 is 0 Å². The molecule has 1 heterocycles. The number of hydrogen-bond donors (Lipinski definition) is 1. The summed E-state index contributed by atoms with van der Waals surface area (Å²) in [5.41, 5.74) is 0.898. The molecule has 0 aromatic carbocycles. The Morgan fingerprint density at radius 1 is 1.69 bits per heavy atom. The molecule has 1 aromatic heterocycles. The van der Waals surface area contributed by atoms with Crippen LogP contribution < -0.4 is 0 Å². The maximum atomic E-state index is 9.47. The van der Waals surface area contributed by atoms with Crippen LogP contribution in [0.1, 0.15) is 12.6 Å². The highest BCUT2D eigenvalue weighted by Gasteiger charge is 2.06. The minimum atomic E-state index is -0.449. The monoisotopic (exact) mass is 184 g/mol. The molecule has 0 fully saturated rings. The third kappa shape index (κ3) is 3.57. The Morgan fingerprint density at radius 3 is 3.00 bits per heavy atom. The summed E-state index contributed by atoms with van der Waals surface area (Å²) < 4.78 is 6.81. The van der Waals surface area contributed by atoms with Crippen molar-refractivity contribution in [2.75, 3.05) is 13.2 Å². The van der Waals surface area contributed by atoms with E-state index < -0.39 is 6.10 Å². The molecule has 0 aliphatic carbocycles. The Balaban J connectivity index is 2.31. The van der Waals surface area contributed by atoms with Crippen LogP contribution in [0.25, 0.3) is 0 Å². The minimum absolute atomic E-state index is 0.382. The zero-order chi connectivity index (χ0) is 9.68. The molecule has 0 aliphatic rings. The van der Waals surface area contributed by atoms with Crippen LogP contribution in [0.15, 0.2) is 12.3 Å². The minimum Gasteiger partial charge on any atom is -0.390 e. The number of aromatic nitrogens is 2. The number of hydrogen-bond acceptors (Lipinski definition) is 3. The van der Waals surface area contributed by atoms with E-state index in [4.69, 9.17) is 4.74 Å². The van der Waals surface area contributed by atoms with E-state index in [1.165, 1.54) is 0 Å². The van der Waals surface area contributed by atoms with Gasteiger partial charge < -0.3 is 9.84 Å². The van der Waals surface area contributed by atoms with Gasteiger partial charge in [-0.15, -0.1) is 0 Å². The molecule has 4 heteroatoms. The van der Waals surface area contributed by atoms with Gasteiger partial charge in [0.1, 0.15) is 0 Å². The summed E-state index contributed by atoms with van der Waals surface area (Å²) in [4.78, 5) is 0. The van der Waals surface area contributed by atoms with E-state index in [0.717, 1.165) is 5.69 Å². The van der Waals surface area contributed by atoms with Gasteiger partial charge in [0.05, 0.1) is 18.4 Å². The van der Waals surface area contributed by atoms with Gasteiger partial charge in [-0.1, -0.05) is 0 Å². The topological polar surface area (TPSA) is 47.3 Å². The molecule has 13 heavy (non-hydrogen) atoms. The van der Waals surface area contributed by atoms with Crippen molar-refractivity contribution < 1.29 is 9.84 Å². The van der Waals surface area contributed by atoms with E-state index in [1.54, 1.807) is 4.68 Å². The lowest BCUT2D eigenvalue weighted by Crippen LogP contribution is -2.18. The zero-order valence-electron chi connectivity index (χ0n) is 8.10. The summed E-state index contributed by atoms with van der Waals surface area (Å²) in [5.74, 6) is 0. The molecule has 1 aromatic rings. The van der Waals surface area contributed by atoms with Crippen LogP contribution in [0.2, 0.25) is 0 Å². The van der Waals surface area contributed by atoms with Crippen LogP contribution in [-0.2, 0) is 18.2 Å². The second-order valence-corrected chi connectivity index (χ2v) is 3.00. The van der Waals surface area contributed by atoms with E-state index in [-0.39, 0.29) is 0 Å². The van der Waals surface area contributed by atoms with Gasteiger partial charge in [-0.3, -0.25) is 4.68 Å². The van der Waals surface area contributed by atoms with Crippen molar-refractivity contribution >= 4 is 0 Å². The predicted octanol–water partition coefficient (Wildman–Crippen LogP) is 0.360. The summed E-state index contributed by atoms with van der Waals surface area (Å²) in [6, 6.07) is 1.90. The van der Waals surface area contributed by atoms with Crippen LogP contribution in [0.5, 0.6) is 0 Å². The fourth-order valence-corrected chi connectivity index (χ4v) is 1.13. The Bertz CT molecular complexity index is 248. The first-order valence-corrected chi connectivity index (χ1v) is 4.46. The molecule has 1 atom stereocenters. The van der Waals surface area contributed by atoms with E-state index in [9.17, 15) is 5.11 Å². The largest absolute Gasteiger partial charge is 0.390 e. The van der Waals surface area contributed by atoms with Gasteiger partial charge in [-0.25, -0.2) is 0 Å². The Hall–Kier alpha value is -0.870. The van der Waals surface area contributed by atoms with Gasteiger partial charge in [0, 0.05) is 26.3 Å². The van der Waals surface area contributed by atoms with Crippen molar-refractivity contribution in [2.45, 2.75) is 19.4 Å². The molecule has 4 nitrogen and oxygen atoms in total. The lowest BCUT2D eigenvalue weighted by atomic mass is 10.2. The number of aliphatic hydroxyl groups is 1. The molecule has 1 unspecified atom stereocenters. The smallest absolute Gasteiger partial charge is 0.0829 e. The summed E-state index contributed by atoms with van der Waals surface area (Å²) in [6.07, 6.45) is 1.97. The third-order valence-electron chi connectivity index (χ3n) is 1.73. The Morgan fingerprint density at radius 2 is 2.46 bits per heavy atom. The fourth-order valence-electron chi connectivity index (χ4n) is 1.13. The highest BCUT2D eigenvalue weighted by molar-refractivity contribution is 5.00. The molecule has 74 valence electrons.